The van der Waals surface area contributed by atoms with E-state index >= 15 is 0 Å². The van der Waals surface area contributed by atoms with Gasteiger partial charge in [-0.3, -0.25) is 4.79 Å². The summed E-state index contributed by atoms with van der Waals surface area (Å²) < 4.78 is 0. The minimum atomic E-state index is 0.366. The molecule has 2 atom stereocenters. The maximum Gasteiger partial charge on any atom is 0.136 e. The largest absolute Gasteiger partial charge is 0.299 e. The van der Waals surface area contributed by atoms with Gasteiger partial charge in [-0.25, -0.2) is 0 Å². The van der Waals surface area contributed by atoms with E-state index in [-0.39, 0.29) is 0 Å². The first-order valence-corrected chi connectivity index (χ1v) is 5.67. The zero-order chi connectivity index (χ0) is 9.84. The lowest BCUT2D eigenvalue weighted by Gasteiger charge is -2.30. The van der Waals surface area contributed by atoms with Crippen molar-refractivity contribution < 1.29 is 4.79 Å². The summed E-state index contributed by atoms with van der Waals surface area (Å²) in [5.74, 6) is 2.26. The van der Waals surface area contributed by atoms with Gasteiger partial charge >= 0.3 is 0 Å². The molecule has 76 valence electrons. The zero-order valence-corrected chi connectivity index (χ0v) is 9.18. The highest BCUT2D eigenvalue weighted by Crippen LogP contribution is 2.33. The monoisotopic (exact) mass is 182 g/mol. The number of ketones is 1. The molecule has 1 rings (SSSR count). The van der Waals surface area contributed by atoms with E-state index in [1.165, 1.54) is 12.8 Å². The summed E-state index contributed by atoms with van der Waals surface area (Å²) in [4.78, 5) is 11.6. The molecule has 1 fully saturated rings. The number of hydrogen-bond donors (Lipinski definition) is 0. The molecular weight excluding hydrogens is 160 g/mol. The van der Waals surface area contributed by atoms with Gasteiger partial charge in [-0.15, -0.1) is 0 Å². The standard InChI is InChI=1S/C12H22O/c1-4-5-10-6-7-12(13)11(8-10)9(2)3/h9-11H,4-8H2,1-3H3. The first-order valence-electron chi connectivity index (χ1n) is 5.67. The van der Waals surface area contributed by atoms with Gasteiger partial charge in [0.25, 0.3) is 0 Å². The molecule has 1 aliphatic carbocycles. The van der Waals surface area contributed by atoms with Crippen LogP contribution >= 0.6 is 0 Å². The van der Waals surface area contributed by atoms with Crippen LogP contribution in [0, 0.1) is 17.8 Å². The SMILES string of the molecule is CCCC1CCC(=O)C(C(C)C)C1. The number of Topliss-reactive ketones (excluding diaryl/α,β-unsaturated/α-hetero) is 1. The van der Waals surface area contributed by atoms with Gasteiger partial charge in [0.15, 0.2) is 0 Å². The van der Waals surface area contributed by atoms with Gasteiger partial charge in [0, 0.05) is 12.3 Å². The van der Waals surface area contributed by atoms with Gasteiger partial charge in [-0.2, -0.15) is 0 Å². The highest BCUT2D eigenvalue weighted by atomic mass is 16.1. The molecule has 2 unspecified atom stereocenters. The van der Waals surface area contributed by atoms with Gasteiger partial charge in [-0.1, -0.05) is 33.6 Å². The van der Waals surface area contributed by atoms with Crippen LogP contribution in [-0.4, -0.2) is 5.78 Å². The lowest BCUT2D eigenvalue weighted by Crippen LogP contribution is -2.28. The Kier molecular flexibility index (Phi) is 3.95. The minimum Gasteiger partial charge on any atom is -0.299 e. The molecule has 0 bridgehead atoms. The van der Waals surface area contributed by atoms with Crippen LogP contribution in [0.1, 0.15) is 52.9 Å². The lowest BCUT2D eigenvalue weighted by molar-refractivity contribution is -0.127. The fourth-order valence-electron chi connectivity index (χ4n) is 2.45. The lowest BCUT2D eigenvalue weighted by atomic mass is 9.74. The second-order valence-corrected chi connectivity index (χ2v) is 4.75. The van der Waals surface area contributed by atoms with Crippen molar-refractivity contribution in [1.29, 1.82) is 0 Å². The maximum absolute atomic E-state index is 11.6. The van der Waals surface area contributed by atoms with Crippen LogP contribution in [-0.2, 0) is 4.79 Å². The molecule has 0 radical (unpaired) electrons. The third kappa shape index (κ3) is 2.82. The molecule has 0 heterocycles. The van der Waals surface area contributed by atoms with Crippen LogP contribution in [0.4, 0.5) is 0 Å². The van der Waals surface area contributed by atoms with Crippen molar-refractivity contribution in [3.8, 4) is 0 Å². The van der Waals surface area contributed by atoms with Crippen molar-refractivity contribution >= 4 is 5.78 Å². The Balaban J connectivity index is 2.48. The topological polar surface area (TPSA) is 17.1 Å². The van der Waals surface area contributed by atoms with E-state index in [0.717, 1.165) is 25.2 Å². The van der Waals surface area contributed by atoms with Crippen molar-refractivity contribution in [2.75, 3.05) is 0 Å². The molecule has 0 aliphatic heterocycles. The predicted octanol–water partition coefficient (Wildman–Crippen LogP) is 3.43. The summed E-state index contributed by atoms with van der Waals surface area (Å²) in [6, 6.07) is 0. The molecule has 0 saturated heterocycles. The number of carbonyl (C=O) groups is 1. The van der Waals surface area contributed by atoms with Gasteiger partial charge < -0.3 is 0 Å². The van der Waals surface area contributed by atoms with Gasteiger partial charge in [0.05, 0.1) is 0 Å². The van der Waals surface area contributed by atoms with E-state index in [1.807, 2.05) is 0 Å². The molecule has 0 aromatic carbocycles. The Labute approximate surface area is 81.9 Å². The number of carbonyl (C=O) groups excluding carboxylic acids is 1. The van der Waals surface area contributed by atoms with E-state index in [9.17, 15) is 4.79 Å². The molecule has 1 heteroatoms. The van der Waals surface area contributed by atoms with E-state index in [1.54, 1.807) is 0 Å². The number of hydrogen-bond acceptors (Lipinski definition) is 1. The molecular formula is C12H22O. The minimum absolute atomic E-state index is 0.366. The first kappa shape index (κ1) is 10.7. The summed E-state index contributed by atoms with van der Waals surface area (Å²) in [5, 5.41) is 0. The van der Waals surface area contributed by atoms with E-state index < -0.39 is 0 Å². The van der Waals surface area contributed by atoms with Gasteiger partial charge in [-0.05, 0) is 24.7 Å². The third-order valence-electron chi connectivity index (χ3n) is 3.30. The Hall–Kier alpha value is -0.330. The molecule has 0 aromatic rings. The molecule has 0 aromatic heterocycles. The van der Waals surface area contributed by atoms with Crippen molar-refractivity contribution in [3.05, 3.63) is 0 Å². The van der Waals surface area contributed by atoms with E-state index in [0.29, 0.717) is 17.6 Å². The molecule has 1 saturated carbocycles. The van der Waals surface area contributed by atoms with Gasteiger partial charge in [0.1, 0.15) is 5.78 Å². The smallest absolute Gasteiger partial charge is 0.136 e. The summed E-state index contributed by atoms with van der Waals surface area (Å²) in [6.45, 7) is 6.59. The summed E-state index contributed by atoms with van der Waals surface area (Å²) in [6.07, 6.45) is 5.73. The van der Waals surface area contributed by atoms with Crippen LogP contribution in [0.5, 0.6) is 0 Å². The van der Waals surface area contributed by atoms with E-state index in [2.05, 4.69) is 20.8 Å². The highest BCUT2D eigenvalue weighted by Gasteiger charge is 2.29. The Morgan fingerprint density at radius 3 is 2.69 bits per heavy atom. The second-order valence-electron chi connectivity index (χ2n) is 4.75. The summed E-state index contributed by atoms with van der Waals surface area (Å²) >= 11 is 0. The van der Waals surface area contributed by atoms with Crippen LogP contribution < -0.4 is 0 Å². The molecule has 0 N–H and O–H groups in total. The van der Waals surface area contributed by atoms with Crippen molar-refractivity contribution in [2.45, 2.75) is 52.9 Å². The Morgan fingerprint density at radius 2 is 2.15 bits per heavy atom. The fourth-order valence-corrected chi connectivity index (χ4v) is 2.45. The summed E-state index contributed by atoms with van der Waals surface area (Å²) in [7, 11) is 0. The zero-order valence-electron chi connectivity index (χ0n) is 9.18. The quantitative estimate of drug-likeness (QED) is 0.653. The Bertz CT molecular complexity index is 172. The second kappa shape index (κ2) is 4.78. The van der Waals surface area contributed by atoms with Crippen LogP contribution in [0.3, 0.4) is 0 Å². The van der Waals surface area contributed by atoms with Crippen molar-refractivity contribution in [1.82, 2.24) is 0 Å². The average Bonchev–Trinajstić information content (AvgIpc) is 2.08. The molecule has 0 spiro atoms. The van der Waals surface area contributed by atoms with Crippen LogP contribution in [0.2, 0.25) is 0 Å². The normalized spacial score (nSPS) is 29.7. The van der Waals surface area contributed by atoms with E-state index in [4.69, 9.17) is 0 Å². The fraction of sp³-hybridized carbons (Fsp3) is 0.917. The summed E-state index contributed by atoms with van der Waals surface area (Å²) in [5.41, 5.74) is 0. The molecule has 1 nitrogen and oxygen atoms in total. The average molecular weight is 182 g/mol. The molecule has 0 amide bonds. The van der Waals surface area contributed by atoms with Crippen LogP contribution in [0.15, 0.2) is 0 Å². The van der Waals surface area contributed by atoms with Crippen LogP contribution in [0.25, 0.3) is 0 Å². The molecule has 13 heavy (non-hydrogen) atoms. The van der Waals surface area contributed by atoms with Gasteiger partial charge in [0.2, 0.25) is 0 Å². The third-order valence-corrected chi connectivity index (χ3v) is 3.30. The highest BCUT2D eigenvalue weighted by molar-refractivity contribution is 5.81. The maximum atomic E-state index is 11.6. The Morgan fingerprint density at radius 1 is 1.46 bits per heavy atom. The van der Waals surface area contributed by atoms with Crippen molar-refractivity contribution in [2.24, 2.45) is 17.8 Å². The number of rotatable bonds is 3. The molecule has 1 aliphatic rings. The first-order chi connectivity index (χ1) is 6.15. The predicted molar refractivity (Wildman–Crippen MR) is 55.6 cm³/mol. The van der Waals surface area contributed by atoms with Crippen molar-refractivity contribution in [3.63, 3.8) is 0 Å².